The van der Waals surface area contributed by atoms with E-state index in [1.165, 1.54) is 18.6 Å². The lowest BCUT2D eigenvalue weighted by Gasteiger charge is -2.07. The minimum atomic E-state index is -3.43. The number of hydrogen-bond acceptors (Lipinski definition) is 7. The molecule has 0 aromatic carbocycles. The highest BCUT2D eigenvalue weighted by molar-refractivity contribution is 7.89. The van der Waals surface area contributed by atoms with Gasteiger partial charge >= 0.3 is 0 Å². The summed E-state index contributed by atoms with van der Waals surface area (Å²) in [7, 11) is -3.43. The molecule has 1 saturated carbocycles. The number of carbonyl (C=O) groups is 1. The molecule has 11 heteroatoms. The third-order valence-electron chi connectivity index (χ3n) is 4.75. The molecule has 3 N–H and O–H groups in total. The van der Waals surface area contributed by atoms with Gasteiger partial charge in [-0.15, -0.1) is 0 Å². The number of aromatic nitrogens is 4. The molecule has 146 valence electrons. The van der Waals surface area contributed by atoms with Crippen LogP contribution in [0.2, 0.25) is 5.15 Å². The van der Waals surface area contributed by atoms with Gasteiger partial charge in [-0.3, -0.25) is 4.79 Å². The van der Waals surface area contributed by atoms with Crippen LogP contribution in [-0.4, -0.2) is 39.2 Å². The molecule has 1 aliphatic rings. The summed E-state index contributed by atoms with van der Waals surface area (Å²) in [4.78, 5) is 20.7. The third kappa shape index (κ3) is 3.40. The molecule has 1 fully saturated rings. The van der Waals surface area contributed by atoms with Gasteiger partial charge in [-0.2, -0.15) is 9.19 Å². The predicted molar refractivity (Wildman–Crippen MR) is 106 cm³/mol. The lowest BCUT2D eigenvalue weighted by Crippen LogP contribution is -2.16. The Balaban J connectivity index is 1.48. The van der Waals surface area contributed by atoms with Crippen molar-refractivity contribution >= 4 is 49.9 Å². The second kappa shape index (κ2) is 6.71. The van der Waals surface area contributed by atoms with Crippen molar-refractivity contribution in [3.05, 3.63) is 41.4 Å². The maximum Gasteiger partial charge on any atom is 0.253 e. The quantitative estimate of drug-likeness (QED) is 0.603. The zero-order valence-electron chi connectivity index (χ0n) is 14.8. The summed E-state index contributed by atoms with van der Waals surface area (Å²) in [6.07, 6.45) is 5.13. The minimum absolute atomic E-state index is 0.0413. The maximum atomic E-state index is 12.5. The van der Waals surface area contributed by atoms with Gasteiger partial charge in [-0.05, 0) is 42.3 Å². The summed E-state index contributed by atoms with van der Waals surface area (Å²) in [5.41, 5.74) is 6.55. The summed E-state index contributed by atoms with van der Waals surface area (Å²) in [5.74, 6) is 0.112. The molecule has 0 bridgehead atoms. The van der Waals surface area contributed by atoms with Crippen molar-refractivity contribution < 1.29 is 13.2 Å². The van der Waals surface area contributed by atoms with Crippen LogP contribution in [0.1, 0.15) is 24.8 Å². The van der Waals surface area contributed by atoms with E-state index in [9.17, 15) is 13.2 Å². The Morgan fingerprint density at radius 3 is 2.93 bits per heavy atom. The SMILES string of the molecule is CCS(=O)(=O)n1cc(C2CC2C(=O)Nc2cc3cc(Cl)nc(N)c3cn2)cn1. The topological polar surface area (TPSA) is 133 Å². The van der Waals surface area contributed by atoms with Gasteiger partial charge in [0.25, 0.3) is 10.0 Å². The normalized spacial score (nSPS) is 18.9. The van der Waals surface area contributed by atoms with Crippen LogP contribution in [0.3, 0.4) is 0 Å². The number of amides is 1. The number of carbonyl (C=O) groups excluding carboxylic acids is 1. The van der Waals surface area contributed by atoms with Crippen molar-refractivity contribution in [2.24, 2.45) is 5.92 Å². The second-order valence-electron chi connectivity index (χ2n) is 6.61. The number of nitrogen functional groups attached to an aromatic ring is 1. The average molecular weight is 421 g/mol. The first-order valence-electron chi connectivity index (χ1n) is 8.59. The van der Waals surface area contributed by atoms with Crippen molar-refractivity contribution in [3.63, 3.8) is 0 Å². The molecule has 3 aromatic heterocycles. The van der Waals surface area contributed by atoms with Gasteiger partial charge in [0.05, 0.1) is 11.9 Å². The van der Waals surface area contributed by atoms with Crippen LogP contribution in [0, 0.1) is 5.92 Å². The highest BCUT2D eigenvalue weighted by Gasteiger charge is 2.45. The van der Waals surface area contributed by atoms with E-state index in [4.69, 9.17) is 17.3 Å². The van der Waals surface area contributed by atoms with E-state index in [-0.39, 0.29) is 34.5 Å². The van der Waals surface area contributed by atoms with Crippen LogP contribution < -0.4 is 11.1 Å². The molecule has 1 aliphatic carbocycles. The summed E-state index contributed by atoms with van der Waals surface area (Å²) >= 11 is 5.92. The lowest BCUT2D eigenvalue weighted by atomic mass is 10.2. The Hall–Kier alpha value is -2.72. The van der Waals surface area contributed by atoms with E-state index in [1.54, 1.807) is 19.1 Å². The first-order valence-corrected chi connectivity index (χ1v) is 10.6. The lowest BCUT2D eigenvalue weighted by molar-refractivity contribution is -0.117. The molecule has 4 rings (SSSR count). The number of rotatable bonds is 5. The van der Waals surface area contributed by atoms with E-state index < -0.39 is 10.0 Å². The zero-order chi connectivity index (χ0) is 20.1. The van der Waals surface area contributed by atoms with Gasteiger partial charge < -0.3 is 11.1 Å². The van der Waals surface area contributed by atoms with Crippen molar-refractivity contribution in [2.45, 2.75) is 19.3 Å². The number of hydrogen-bond donors (Lipinski definition) is 2. The van der Waals surface area contributed by atoms with Crippen LogP contribution >= 0.6 is 11.6 Å². The molecule has 9 nitrogen and oxygen atoms in total. The number of fused-ring (bicyclic) bond motifs is 1. The van der Waals surface area contributed by atoms with Crippen molar-refractivity contribution in [3.8, 4) is 0 Å². The Morgan fingerprint density at radius 2 is 2.18 bits per heavy atom. The first-order chi connectivity index (χ1) is 13.3. The fraction of sp³-hybridized carbons (Fsp3) is 0.294. The van der Waals surface area contributed by atoms with Gasteiger partial charge in [0.2, 0.25) is 5.91 Å². The standard InChI is InChI=1S/C17H17ClN6O3S/c1-2-28(26,27)24-8-10(6-21-24)11-5-12(11)17(25)23-15-4-9-3-14(18)22-16(19)13(9)7-20-15/h3-4,6-8,11-12H,2,5H2,1H3,(H2,19,22)(H,20,23,25). The molecule has 0 saturated heterocycles. The number of anilines is 2. The molecule has 3 heterocycles. The highest BCUT2D eigenvalue weighted by Crippen LogP contribution is 2.48. The molecule has 0 radical (unpaired) electrons. The molecule has 0 aliphatic heterocycles. The number of nitrogens with two attached hydrogens (primary N) is 1. The zero-order valence-corrected chi connectivity index (χ0v) is 16.4. The number of nitrogens with zero attached hydrogens (tertiary/aromatic N) is 4. The molecule has 3 aromatic rings. The van der Waals surface area contributed by atoms with E-state index in [2.05, 4.69) is 20.4 Å². The van der Waals surface area contributed by atoms with Crippen molar-refractivity contribution in [2.75, 3.05) is 16.8 Å². The van der Waals surface area contributed by atoms with Crippen LogP contribution in [0.5, 0.6) is 0 Å². The van der Waals surface area contributed by atoms with Crippen molar-refractivity contribution in [1.29, 1.82) is 0 Å². The van der Waals surface area contributed by atoms with Gasteiger partial charge in [-0.25, -0.2) is 18.4 Å². The Labute approximate surface area is 166 Å². The largest absolute Gasteiger partial charge is 0.383 e. The van der Waals surface area contributed by atoms with E-state index >= 15 is 0 Å². The molecule has 28 heavy (non-hydrogen) atoms. The average Bonchev–Trinajstić information content (AvgIpc) is 3.29. The van der Waals surface area contributed by atoms with Crippen LogP contribution in [0.25, 0.3) is 10.8 Å². The van der Waals surface area contributed by atoms with Gasteiger partial charge in [-0.1, -0.05) is 11.6 Å². The van der Waals surface area contributed by atoms with Crippen LogP contribution in [0.15, 0.2) is 30.7 Å². The molecular weight excluding hydrogens is 404 g/mol. The van der Waals surface area contributed by atoms with Crippen LogP contribution in [0.4, 0.5) is 11.6 Å². The maximum absolute atomic E-state index is 12.5. The molecular formula is C17H17ClN6O3S. The van der Waals surface area contributed by atoms with E-state index in [0.717, 1.165) is 15.0 Å². The Kier molecular flexibility index (Phi) is 4.47. The molecule has 2 atom stereocenters. The number of pyridine rings is 2. The van der Waals surface area contributed by atoms with E-state index in [0.29, 0.717) is 17.6 Å². The van der Waals surface area contributed by atoms with Crippen LogP contribution in [-0.2, 0) is 14.8 Å². The van der Waals surface area contributed by atoms with Gasteiger partial charge in [0.15, 0.2) is 0 Å². The van der Waals surface area contributed by atoms with E-state index in [1.807, 2.05) is 0 Å². The fourth-order valence-electron chi connectivity index (χ4n) is 3.07. The monoisotopic (exact) mass is 420 g/mol. The summed E-state index contributed by atoms with van der Waals surface area (Å²) < 4.78 is 24.7. The second-order valence-corrected chi connectivity index (χ2v) is 9.11. The minimum Gasteiger partial charge on any atom is -0.383 e. The third-order valence-corrected chi connectivity index (χ3v) is 6.44. The van der Waals surface area contributed by atoms with Gasteiger partial charge in [0.1, 0.15) is 16.8 Å². The number of nitrogens with one attached hydrogen (secondary N) is 1. The predicted octanol–water partition coefficient (Wildman–Crippen LogP) is 2.00. The smallest absolute Gasteiger partial charge is 0.253 e. The Morgan fingerprint density at radius 1 is 1.39 bits per heavy atom. The molecule has 0 spiro atoms. The fourth-order valence-corrected chi connectivity index (χ4v) is 4.02. The number of halogens is 1. The molecule has 2 unspecified atom stereocenters. The highest BCUT2D eigenvalue weighted by atomic mass is 35.5. The summed E-state index contributed by atoms with van der Waals surface area (Å²) in [6, 6.07) is 3.33. The summed E-state index contributed by atoms with van der Waals surface area (Å²) in [6.45, 7) is 1.55. The van der Waals surface area contributed by atoms with Gasteiger partial charge in [0, 0.05) is 23.7 Å². The summed E-state index contributed by atoms with van der Waals surface area (Å²) in [5, 5.41) is 8.32. The Bertz CT molecular complexity index is 1190. The first kappa shape index (κ1) is 18.6. The molecule has 1 amide bonds. The van der Waals surface area contributed by atoms with Crippen molar-refractivity contribution in [1.82, 2.24) is 19.2 Å².